The molecule has 0 aliphatic rings. The van der Waals surface area contributed by atoms with Crippen LogP contribution in [0.3, 0.4) is 0 Å². The van der Waals surface area contributed by atoms with Crippen LogP contribution in [0, 0.1) is 0 Å². The van der Waals surface area contributed by atoms with Gasteiger partial charge in [-0.25, -0.2) is 22.8 Å². The van der Waals surface area contributed by atoms with Crippen molar-refractivity contribution in [3.8, 4) is 0 Å². The van der Waals surface area contributed by atoms with Gasteiger partial charge in [0.2, 0.25) is 0 Å². The number of hydrogen-bond acceptors (Lipinski definition) is 8. The van der Waals surface area contributed by atoms with E-state index in [9.17, 15) is 133 Å². The van der Waals surface area contributed by atoms with Gasteiger partial charge in [0.1, 0.15) is 5.25 Å². The van der Waals surface area contributed by atoms with Crippen LogP contribution in [0.1, 0.15) is 6.42 Å². The highest BCUT2D eigenvalue weighted by atomic mass is 32.2. The van der Waals surface area contributed by atoms with Gasteiger partial charge in [0, 0.05) is 0 Å². The summed E-state index contributed by atoms with van der Waals surface area (Å²) in [4.78, 5) is 23.5. The second-order valence-corrected chi connectivity index (χ2v) is 10.9. The minimum absolute atomic E-state index is 1.17. The quantitative estimate of drug-likeness (QED) is 0.0379. The Hall–Kier alpha value is -2.79. The molecule has 1 N–H and O–H groups in total. The minimum atomic E-state index is -8.89. The van der Waals surface area contributed by atoms with E-state index in [0.29, 0.717) is 0 Å². The summed E-state index contributed by atoms with van der Waals surface area (Å²) < 4.78 is 382. The highest BCUT2D eigenvalue weighted by molar-refractivity contribution is 7.95. The van der Waals surface area contributed by atoms with Crippen molar-refractivity contribution in [3.05, 3.63) is 0 Å². The second kappa shape index (κ2) is 16.1. The molecular formula is C20H10F28O7S. The van der Waals surface area contributed by atoms with Gasteiger partial charge in [0.05, 0.1) is 18.5 Å². The van der Waals surface area contributed by atoms with Crippen LogP contribution in [0.15, 0.2) is 0 Å². The first-order chi connectivity index (χ1) is 24.3. The van der Waals surface area contributed by atoms with Crippen LogP contribution in [0.4, 0.5) is 123 Å². The molecule has 0 bridgehead atoms. The van der Waals surface area contributed by atoms with Gasteiger partial charge in [-0.05, 0) is 0 Å². The van der Waals surface area contributed by atoms with E-state index >= 15 is 0 Å². The van der Waals surface area contributed by atoms with Gasteiger partial charge in [0.25, 0.3) is 0 Å². The van der Waals surface area contributed by atoms with Crippen molar-refractivity contribution >= 4 is 24.0 Å². The molecule has 0 heterocycles. The Labute approximate surface area is 290 Å². The maximum Gasteiger partial charge on any atom is 0.385 e. The lowest BCUT2D eigenvalue weighted by Crippen LogP contribution is -2.74. The number of ether oxygens (including phenoxy) is 2. The van der Waals surface area contributed by atoms with Crippen molar-refractivity contribution in [2.24, 2.45) is 0 Å². The molecule has 0 aromatic rings. The summed E-state index contributed by atoms with van der Waals surface area (Å²) in [6.45, 7) is -7.71. The van der Waals surface area contributed by atoms with Crippen molar-refractivity contribution in [2.45, 2.75) is 95.6 Å². The predicted octanol–water partition coefficient (Wildman–Crippen LogP) is 9.05. The fraction of sp³-hybridized carbons (Fsp3) is 0.900. The van der Waals surface area contributed by atoms with Crippen LogP contribution in [-0.2, 0) is 28.4 Å². The summed E-state index contributed by atoms with van der Waals surface area (Å²) in [5, 5.41) is 7.43. The summed E-state index contributed by atoms with van der Waals surface area (Å²) in [5.74, 6) is -103. The molecule has 334 valence electrons. The molecule has 0 aromatic carbocycles. The van der Waals surface area contributed by atoms with Crippen molar-refractivity contribution in [1.29, 1.82) is 0 Å². The van der Waals surface area contributed by atoms with Crippen LogP contribution < -0.4 is 0 Å². The van der Waals surface area contributed by atoms with Crippen molar-refractivity contribution < 1.29 is 157 Å². The molecule has 1 unspecified atom stereocenters. The fourth-order valence-electron chi connectivity index (χ4n) is 2.98. The number of rotatable bonds is 22. The van der Waals surface area contributed by atoms with E-state index in [1.807, 2.05) is 0 Å². The van der Waals surface area contributed by atoms with E-state index in [0.717, 1.165) is 0 Å². The third-order valence-corrected chi connectivity index (χ3v) is 7.01. The molecule has 0 radical (unpaired) electrons. The van der Waals surface area contributed by atoms with Gasteiger partial charge in [-0.3, -0.25) is 9.59 Å². The fourth-order valence-corrected chi connectivity index (χ4v) is 3.46. The number of hydrogen-bond donors (Lipinski definition) is 1. The largest absolute Gasteiger partial charge is 0.459 e. The van der Waals surface area contributed by atoms with E-state index in [2.05, 4.69) is 18.8 Å². The van der Waals surface area contributed by atoms with E-state index in [4.69, 9.17) is 5.26 Å². The SMILES string of the molecule is O=C(CC(SOOO)C(=O)OCC(F)(F)C(F)(F)C(F)(F)C(F)(F)C(F)(F)C(F)F)OCC(F)(F)C(F)(F)C(F)(F)C(F)(F)C(F)(F)C(F)(F)C(F)(F)C(F)F. The standard InChI is InChI=1S/C20H10F28O7S/c21-7(22)11(29,30)15(37,38)17(41,42)13(33,34)10(27,28)3-53-6(50)4(56-55-54-51)1-5(49)52-2-9(25,26)14(35,36)18(43,44)20(47,48)19(45,46)16(39,40)12(31,32)8(23)24/h4,7-8,51H,1-3H2. The average molecular weight is 926 g/mol. The molecule has 0 aromatic heterocycles. The lowest BCUT2D eigenvalue weighted by atomic mass is 9.89. The molecule has 0 aliphatic carbocycles. The molecule has 0 amide bonds. The molecule has 36 heteroatoms. The Bertz CT molecular complexity index is 1370. The molecule has 7 nitrogen and oxygen atoms in total. The van der Waals surface area contributed by atoms with Crippen molar-refractivity contribution in [2.75, 3.05) is 13.2 Å². The van der Waals surface area contributed by atoms with Crippen LogP contribution in [0.2, 0.25) is 0 Å². The summed E-state index contributed by atoms with van der Waals surface area (Å²) in [7, 11) is 0. The zero-order valence-corrected chi connectivity index (χ0v) is 25.6. The van der Waals surface area contributed by atoms with Gasteiger partial charge in [-0.15, -0.1) is 4.33 Å². The molecule has 0 saturated heterocycles. The molecule has 0 spiro atoms. The van der Waals surface area contributed by atoms with Crippen molar-refractivity contribution in [3.63, 3.8) is 0 Å². The number of carbonyl (C=O) groups excluding carboxylic acids is 2. The van der Waals surface area contributed by atoms with Crippen LogP contribution in [0.5, 0.6) is 0 Å². The molecular weight excluding hydrogens is 916 g/mol. The normalized spacial score (nSPS) is 16.1. The highest BCUT2D eigenvalue weighted by Gasteiger charge is 2.94. The van der Waals surface area contributed by atoms with Crippen molar-refractivity contribution in [1.82, 2.24) is 0 Å². The zero-order chi connectivity index (χ0) is 45.5. The third-order valence-electron chi connectivity index (χ3n) is 6.28. The van der Waals surface area contributed by atoms with E-state index in [1.54, 1.807) is 0 Å². The van der Waals surface area contributed by atoms with Crippen LogP contribution >= 0.6 is 12.0 Å². The minimum Gasteiger partial charge on any atom is -0.459 e. The van der Waals surface area contributed by atoms with Gasteiger partial charge < -0.3 is 9.47 Å². The Morgan fingerprint density at radius 3 is 1.07 bits per heavy atom. The molecule has 0 aliphatic heterocycles. The Morgan fingerprint density at radius 1 is 0.464 bits per heavy atom. The summed E-state index contributed by atoms with van der Waals surface area (Å²) in [6, 6.07) is 0. The Kier molecular flexibility index (Phi) is 15.3. The topological polar surface area (TPSA) is 91.3 Å². The third kappa shape index (κ3) is 8.50. The van der Waals surface area contributed by atoms with Crippen LogP contribution in [-0.4, -0.2) is 120 Å². The molecule has 56 heavy (non-hydrogen) atoms. The average Bonchev–Trinajstić information content (AvgIpc) is 3.03. The Morgan fingerprint density at radius 2 is 0.750 bits per heavy atom. The Balaban J connectivity index is 6.30. The monoisotopic (exact) mass is 926 g/mol. The highest BCUT2D eigenvalue weighted by Crippen LogP contribution is 2.63. The van der Waals surface area contributed by atoms with Gasteiger partial charge in [-0.2, -0.15) is 105 Å². The molecule has 0 rings (SSSR count). The van der Waals surface area contributed by atoms with E-state index in [-0.39, 0.29) is 0 Å². The molecule has 0 saturated carbocycles. The zero-order valence-electron chi connectivity index (χ0n) is 24.7. The smallest absolute Gasteiger partial charge is 0.385 e. The molecule has 1 atom stereocenters. The maximum absolute atomic E-state index is 13.9. The van der Waals surface area contributed by atoms with Crippen LogP contribution in [0.25, 0.3) is 0 Å². The predicted molar refractivity (Wildman–Crippen MR) is 114 cm³/mol. The first-order valence-corrected chi connectivity index (χ1v) is 13.2. The lowest BCUT2D eigenvalue weighted by molar-refractivity contribution is -0.447. The van der Waals surface area contributed by atoms with Gasteiger partial charge in [-0.1, -0.05) is 5.04 Å². The number of carbonyl (C=O) groups is 2. The number of alkyl halides is 28. The molecule has 0 fully saturated rings. The summed E-state index contributed by atoms with van der Waals surface area (Å²) >= 11 is -1.17. The van der Waals surface area contributed by atoms with Gasteiger partial charge in [0.15, 0.2) is 13.2 Å². The van der Waals surface area contributed by atoms with E-state index < -0.39 is 133 Å². The second-order valence-electron chi connectivity index (χ2n) is 10.1. The summed E-state index contributed by atoms with van der Waals surface area (Å²) in [5.41, 5.74) is 0. The van der Waals surface area contributed by atoms with Gasteiger partial charge >= 0.3 is 95.9 Å². The summed E-state index contributed by atoms with van der Waals surface area (Å²) in [6.07, 6.45) is -14.6. The number of halogens is 28. The maximum atomic E-state index is 13.9. The first kappa shape index (κ1) is 53.2. The lowest BCUT2D eigenvalue weighted by Gasteiger charge is -2.42. The number of esters is 2. The van der Waals surface area contributed by atoms with E-state index in [1.165, 1.54) is 0 Å². The first-order valence-electron chi connectivity index (χ1n) is 12.4.